The fourth-order valence-corrected chi connectivity index (χ4v) is 5.89. The lowest BCUT2D eigenvalue weighted by atomic mass is 9.99. The normalized spacial score (nSPS) is 14.1. The van der Waals surface area contributed by atoms with Crippen molar-refractivity contribution in [2.75, 3.05) is 25.4 Å². The third kappa shape index (κ3) is 5.04. The van der Waals surface area contributed by atoms with Crippen LogP contribution in [-0.4, -0.2) is 55.2 Å². The molecule has 8 heteroatoms. The van der Waals surface area contributed by atoms with Gasteiger partial charge in [-0.2, -0.15) is 0 Å². The van der Waals surface area contributed by atoms with Crippen molar-refractivity contribution in [3.05, 3.63) is 77.2 Å². The summed E-state index contributed by atoms with van der Waals surface area (Å²) < 4.78 is 7.36. The van der Waals surface area contributed by atoms with Gasteiger partial charge in [0, 0.05) is 60.7 Å². The first-order chi connectivity index (χ1) is 18.0. The van der Waals surface area contributed by atoms with Crippen LogP contribution in [0.1, 0.15) is 22.6 Å². The molecule has 0 fully saturated rings. The molecule has 188 valence electrons. The van der Waals surface area contributed by atoms with Crippen LogP contribution >= 0.6 is 11.8 Å². The first kappa shape index (κ1) is 23.9. The second kappa shape index (κ2) is 10.1. The first-order valence-electron chi connectivity index (χ1n) is 12.7. The van der Waals surface area contributed by atoms with Gasteiger partial charge >= 0.3 is 0 Å². The molecular formula is C29H30N6OS. The largest absolute Gasteiger partial charge is 0.361 e. The Labute approximate surface area is 220 Å². The summed E-state index contributed by atoms with van der Waals surface area (Å²) in [6, 6.07) is 19.2. The van der Waals surface area contributed by atoms with Crippen molar-refractivity contribution < 1.29 is 4.52 Å². The fraction of sp³-hybridized carbons (Fsp3) is 0.310. The fourth-order valence-electron chi connectivity index (χ4n) is 4.98. The van der Waals surface area contributed by atoms with Crippen molar-refractivity contribution in [2.24, 2.45) is 7.05 Å². The van der Waals surface area contributed by atoms with E-state index in [2.05, 4.69) is 72.3 Å². The van der Waals surface area contributed by atoms with Gasteiger partial charge in [-0.3, -0.25) is 4.98 Å². The quantitative estimate of drug-likeness (QED) is 0.280. The van der Waals surface area contributed by atoms with Gasteiger partial charge in [0.25, 0.3) is 0 Å². The molecule has 5 aromatic rings. The highest BCUT2D eigenvalue weighted by Crippen LogP contribution is 2.27. The van der Waals surface area contributed by atoms with E-state index >= 15 is 0 Å². The molecule has 0 unspecified atom stereocenters. The Balaban J connectivity index is 1.07. The van der Waals surface area contributed by atoms with Crippen molar-refractivity contribution in [2.45, 2.75) is 31.8 Å². The predicted octanol–water partition coefficient (Wildman–Crippen LogP) is 5.50. The smallest absolute Gasteiger partial charge is 0.191 e. The highest BCUT2D eigenvalue weighted by Gasteiger charge is 2.17. The Bertz CT molecular complexity index is 1570. The average Bonchev–Trinajstić information content (AvgIpc) is 3.44. The molecule has 2 aromatic carbocycles. The van der Waals surface area contributed by atoms with Gasteiger partial charge in [0.2, 0.25) is 0 Å². The summed E-state index contributed by atoms with van der Waals surface area (Å²) in [5.41, 5.74) is 8.00. The zero-order chi connectivity index (χ0) is 25.4. The zero-order valence-electron chi connectivity index (χ0n) is 21.4. The average molecular weight is 511 g/mol. The lowest BCUT2D eigenvalue weighted by Crippen LogP contribution is -2.28. The van der Waals surface area contributed by atoms with Gasteiger partial charge in [0.1, 0.15) is 11.5 Å². The minimum absolute atomic E-state index is 0.841. The van der Waals surface area contributed by atoms with Crippen molar-refractivity contribution in [3.63, 3.8) is 0 Å². The van der Waals surface area contributed by atoms with E-state index in [1.165, 1.54) is 11.1 Å². The number of hydrogen-bond acceptors (Lipinski definition) is 7. The van der Waals surface area contributed by atoms with Gasteiger partial charge in [0.15, 0.2) is 11.0 Å². The molecule has 0 radical (unpaired) electrons. The highest BCUT2D eigenvalue weighted by molar-refractivity contribution is 7.99. The summed E-state index contributed by atoms with van der Waals surface area (Å²) in [4.78, 5) is 7.16. The molecule has 1 aliphatic rings. The SMILES string of the molecule is Cc1ccc2cc(-c3nnc(SCCN4CCc5ccc(-c6cc(C)on6)cc5CC4)n3C)ccc2n1. The summed E-state index contributed by atoms with van der Waals surface area (Å²) >= 11 is 1.77. The number of rotatable bonds is 6. The standard InChI is InChI=1S/C29H30N6OS/c1-19-4-5-23-18-25(8-9-26(23)30-19)28-31-32-29(34(28)3)37-15-14-35-12-10-21-6-7-24(17-22(21)11-13-35)27-16-20(2)36-33-27/h4-9,16-18H,10-15H2,1-3H3. The van der Waals surface area contributed by atoms with Gasteiger partial charge in [0.05, 0.1) is 5.52 Å². The van der Waals surface area contributed by atoms with Gasteiger partial charge < -0.3 is 14.0 Å². The van der Waals surface area contributed by atoms with Crippen LogP contribution in [0.15, 0.2) is 64.3 Å². The van der Waals surface area contributed by atoms with Crippen LogP contribution in [0.25, 0.3) is 33.5 Å². The van der Waals surface area contributed by atoms with E-state index in [0.717, 1.165) is 88.4 Å². The van der Waals surface area contributed by atoms with Gasteiger partial charge in [-0.05, 0) is 68.1 Å². The van der Waals surface area contributed by atoms with Gasteiger partial charge in [-0.15, -0.1) is 10.2 Å². The van der Waals surface area contributed by atoms with Crippen LogP contribution in [0, 0.1) is 13.8 Å². The van der Waals surface area contributed by atoms with Crippen LogP contribution in [0.2, 0.25) is 0 Å². The van der Waals surface area contributed by atoms with E-state index in [1.54, 1.807) is 11.8 Å². The second-order valence-electron chi connectivity index (χ2n) is 9.72. The highest BCUT2D eigenvalue weighted by atomic mass is 32.2. The number of nitrogens with zero attached hydrogens (tertiary/aromatic N) is 6. The lowest BCUT2D eigenvalue weighted by Gasteiger charge is -2.19. The number of benzene rings is 2. The predicted molar refractivity (Wildman–Crippen MR) is 148 cm³/mol. The molecule has 0 amide bonds. The molecule has 6 rings (SSSR count). The summed E-state index contributed by atoms with van der Waals surface area (Å²) in [7, 11) is 2.05. The number of fused-ring (bicyclic) bond motifs is 2. The van der Waals surface area contributed by atoms with E-state index in [-0.39, 0.29) is 0 Å². The minimum Gasteiger partial charge on any atom is -0.361 e. The number of thioether (sulfide) groups is 1. The van der Waals surface area contributed by atoms with Crippen LogP contribution in [0.4, 0.5) is 0 Å². The van der Waals surface area contributed by atoms with Crippen LogP contribution in [-0.2, 0) is 19.9 Å². The zero-order valence-corrected chi connectivity index (χ0v) is 22.3. The maximum Gasteiger partial charge on any atom is 0.191 e. The lowest BCUT2D eigenvalue weighted by molar-refractivity contribution is 0.306. The molecular weight excluding hydrogens is 480 g/mol. The molecule has 0 spiro atoms. The number of pyridine rings is 1. The monoisotopic (exact) mass is 510 g/mol. The molecule has 4 heterocycles. The van der Waals surface area contributed by atoms with Crippen molar-refractivity contribution >= 4 is 22.7 Å². The molecule has 0 saturated heterocycles. The van der Waals surface area contributed by atoms with Crippen molar-refractivity contribution in [1.29, 1.82) is 0 Å². The third-order valence-corrected chi connectivity index (χ3v) is 8.09. The molecule has 0 saturated carbocycles. The van der Waals surface area contributed by atoms with Gasteiger partial charge in [-0.25, -0.2) is 0 Å². The Morgan fingerprint density at radius 2 is 1.73 bits per heavy atom. The minimum atomic E-state index is 0.841. The Morgan fingerprint density at radius 3 is 2.57 bits per heavy atom. The number of hydrogen-bond donors (Lipinski definition) is 0. The van der Waals surface area contributed by atoms with Gasteiger partial charge in [-0.1, -0.05) is 35.1 Å². The van der Waals surface area contributed by atoms with Crippen molar-refractivity contribution in [3.8, 4) is 22.6 Å². The van der Waals surface area contributed by atoms with E-state index in [0.29, 0.717) is 0 Å². The molecule has 7 nitrogen and oxygen atoms in total. The van der Waals surface area contributed by atoms with Crippen molar-refractivity contribution in [1.82, 2.24) is 29.8 Å². The maximum absolute atomic E-state index is 5.27. The van der Waals surface area contributed by atoms with E-state index < -0.39 is 0 Å². The molecule has 0 bridgehead atoms. The Kier molecular flexibility index (Phi) is 6.52. The van der Waals surface area contributed by atoms with Crippen LogP contribution in [0.5, 0.6) is 0 Å². The molecule has 1 aliphatic heterocycles. The molecule has 0 N–H and O–H groups in total. The van der Waals surface area contributed by atoms with E-state index in [4.69, 9.17) is 4.52 Å². The second-order valence-corrected chi connectivity index (χ2v) is 10.8. The molecule has 0 aliphatic carbocycles. The summed E-state index contributed by atoms with van der Waals surface area (Å²) in [5.74, 6) is 2.70. The summed E-state index contributed by atoms with van der Waals surface area (Å²) in [6.45, 7) is 7.10. The molecule has 37 heavy (non-hydrogen) atoms. The van der Waals surface area contributed by atoms with E-state index in [9.17, 15) is 0 Å². The third-order valence-electron chi connectivity index (χ3n) is 7.08. The van der Waals surface area contributed by atoms with Crippen LogP contribution in [0.3, 0.4) is 0 Å². The number of aromatic nitrogens is 5. The number of aryl methyl sites for hydroxylation is 2. The topological polar surface area (TPSA) is 72.9 Å². The molecule has 0 atom stereocenters. The first-order valence-corrected chi connectivity index (χ1v) is 13.7. The summed E-state index contributed by atoms with van der Waals surface area (Å²) in [5, 5.41) is 15.2. The van der Waals surface area contributed by atoms with E-state index in [1.807, 2.05) is 33.0 Å². The molecule has 3 aromatic heterocycles. The maximum atomic E-state index is 5.27. The van der Waals surface area contributed by atoms with Crippen LogP contribution < -0.4 is 0 Å². The Hall–Kier alpha value is -3.49. The Morgan fingerprint density at radius 1 is 0.892 bits per heavy atom. The summed E-state index contributed by atoms with van der Waals surface area (Å²) in [6.07, 6.45) is 2.12.